The second-order valence-electron chi connectivity index (χ2n) is 7.58. The van der Waals surface area contributed by atoms with Crippen LogP contribution in [-0.4, -0.2) is 28.6 Å². The van der Waals surface area contributed by atoms with Gasteiger partial charge in [0.25, 0.3) is 11.8 Å². The Hall–Kier alpha value is -4.46. The molecule has 1 heterocycles. The highest BCUT2D eigenvalue weighted by Crippen LogP contribution is 2.24. The Morgan fingerprint density at radius 3 is 2.18 bits per heavy atom. The van der Waals surface area contributed by atoms with E-state index in [1.54, 1.807) is 24.3 Å². The van der Waals surface area contributed by atoms with Gasteiger partial charge in [0.2, 0.25) is 11.8 Å². The van der Waals surface area contributed by atoms with Gasteiger partial charge in [-0.2, -0.15) is 0 Å². The monoisotopic (exact) mass is 441 g/mol. The van der Waals surface area contributed by atoms with Crippen LogP contribution in [0, 0.1) is 13.8 Å². The number of rotatable bonds is 6. The number of hydrogen-bond donors (Lipinski definition) is 3. The molecule has 166 valence electrons. The molecule has 4 rings (SSSR count). The molecular formula is C25H23N5O3. The molecule has 0 saturated carbocycles. The van der Waals surface area contributed by atoms with Gasteiger partial charge >= 0.3 is 0 Å². The van der Waals surface area contributed by atoms with Crippen LogP contribution in [0.2, 0.25) is 0 Å². The fraction of sp³-hybridized carbons (Fsp3) is 0.120. The number of nitrogens with one attached hydrogen (secondary N) is 3. The molecule has 3 N–H and O–H groups in total. The number of amides is 2. The van der Waals surface area contributed by atoms with Gasteiger partial charge in [-0.1, -0.05) is 35.4 Å². The molecule has 8 heteroatoms. The van der Waals surface area contributed by atoms with E-state index in [0.29, 0.717) is 22.9 Å². The summed E-state index contributed by atoms with van der Waals surface area (Å²) in [5, 5.41) is 11.2. The van der Waals surface area contributed by atoms with Gasteiger partial charge < -0.3 is 9.73 Å². The number of carbonyl (C=O) groups excluding carboxylic acids is 2. The molecule has 0 aliphatic carbocycles. The number of aryl methyl sites for hydroxylation is 2. The second-order valence-corrected chi connectivity index (χ2v) is 7.58. The smallest absolute Gasteiger partial charge is 0.269 e. The SMILES string of the molecule is Cc1ccc(NCC(=O)NNC(=O)c2ccc(-c3nnc(-c4cccc(C)c4)o3)cc2)cc1. The van der Waals surface area contributed by atoms with Crippen molar-refractivity contribution in [3.63, 3.8) is 0 Å². The molecule has 33 heavy (non-hydrogen) atoms. The molecule has 1 aromatic heterocycles. The van der Waals surface area contributed by atoms with Crippen molar-refractivity contribution in [1.29, 1.82) is 0 Å². The van der Waals surface area contributed by atoms with Crippen LogP contribution in [0.1, 0.15) is 21.5 Å². The molecule has 0 atom stereocenters. The molecule has 8 nitrogen and oxygen atoms in total. The molecule has 2 amide bonds. The van der Waals surface area contributed by atoms with Gasteiger partial charge in [0.05, 0.1) is 6.54 Å². The summed E-state index contributed by atoms with van der Waals surface area (Å²) in [5.74, 6) is -0.0160. The molecule has 0 saturated heterocycles. The highest BCUT2D eigenvalue weighted by molar-refractivity contribution is 5.96. The lowest BCUT2D eigenvalue weighted by molar-refractivity contribution is -0.120. The third-order valence-electron chi connectivity index (χ3n) is 4.90. The summed E-state index contributed by atoms with van der Waals surface area (Å²) < 4.78 is 5.77. The van der Waals surface area contributed by atoms with Crippen molar-refractivity contribution >= 4 is 17.5 Å². The Kier molecular flexibility index (Phi) is 6.45. The summed E-state index contributed by atoms with van der Waals surface area (Å²) in [5.41, 5.74) is 9.76. The van der Waals surface area contributed by atoms with E-state index in [2.05, 4.69) is 26.4 Å². The first kappa shape index (κ1) is 21.8. The summed E-state index contributed by atoms with van der Waals surface area (Å²) in [6.07, 6.45) is 0. The van der Waals surface area contributed by atoms with Gasteiger partial charge in [-0.3, -0.25) is 20.4 Å². The number of hydrogen-bond acceptors (Lipinski definition) is 6. The molecular weight excluding hydrogens is 418 g/mol. The lowest BCUT2D eigenvalue weighted by Crippen LogP contribution is -2.44. The fourth-order valence-electron chi connectivity index (χ4n) is 3.10. The van der Waals surface area contributed by atoms with E-state index in [9.17, 15) is 9.59 Å². The minimum Gasteiger partial charge on any atom is -0.416 e. The lowest BCUT2D eigenvalue weighted by Gasteiger charge is -2.09. The summed E-state index contributed by atoms with van der Waals surface area (Å²) in [6.45, 7) is 4.01. The van der Waals surface area contributed by atoms with Gasteiger partial charge in [0, 0.05) is 22.4 Å². The normalized spacial score (nSPS) is 10.5. The summed E-state index contributed by atoms with van der Waals surface area (Å²) in [7, 11) is 0. The number of carbonyl (C=O) groups is 2. The first-order chi connectivity index (χ1) is 16.0. The van der Waals surface area contributed by atoms with Crippen LogP contribution >= 0.6 is 0 Å². The quantitative estimate of drug-likeness (QED) is 0.392. The van der Waals surface area contributed by atoms with Gasteiger partial charge in [0.1, 0.15) is 0 Å². The van der Waals surface area contributed by atoms with Gasteiger partial charge in [-0.05, 0) is 62.4 Å². The molecule has 0 radical (unpaired) electrons. The Morgan fingerprint density at radius 2 is 1.48 bits per heavy atom. The Bertz CT molecular complexity index is 1260. The number of anilines is 1. The maximum absolute atomic E-state index is 12.3. The highest BCUT2D eigenvalue weighted by atomic mass is 16.4. The van der Waals surface area contributed by atoms with Crippen molar-refractivity contribution in [1.82, 2.24) is 21.0 Å². The summed E-state index contributed by atoms with van der Waals surface area (Å²) in [6, 6.07) is 22.1. The zero-order chi connectivity index (χ0) is 23.2. The van der Waals surface area contributed by atoms with E-state index in [1.807, 2.05) is 62.4 Å². The van der Waals surface area contributed by atoms with Crippen LogP contribution in [0.4, 0.5) is 5.69 Å². The van der Waals surface area contributed by atoms with Crippen LogP contribution in [-0.2, 0) is 4.79 Å². The first-order valence-electron chi connectivity index (χ1n) is 10.4. The van der Waals surface area contributed by atoms with E-state index < -0.39 is 5.91 Å². The highest BCUT2D eigenvalue weighted by Gasteiger charge is 2.12. The van der Waals surface area contributed by atoms with Gasteiger partial charge in [0.15, 0.2) is 0 Å². The minimum absolute atomic E-state index is 0.0305. The summed E-state index contributed by atoms with van der Waals surface area (Å²) in [4.78, 5) is 24.3. The first-order valence-corrected chi connectivity index (χ1v) is 10.4. The van der Waals surface area contributed by atoms with Crippen molar-refractivity contribution in [2.45, 2.75) is 13.8 Å². The Balaban J connectivity index is 1.31. The van der Waals surface area contributed by atoms with Crippen LogP contribution in [0.5, 0.6) is 0 Å². The largest absolute Gasteiger partial charge is 0.416 e. The van der Waals surface area contributed by atoms with Crippen molar-refractivity contribution in [3.8, 4) is 22.9 Å². The average Bonchev–Trinajstić information content (AvgIpc) is 3.33. The fourth-order valence-corrected chi connectivity index (χ4v) is 3.10. The van der Waals surface area contributed by atoms with Crippen molar-refractivity contribution in [3.05, 3.63) is 89.5 Å². The van der Waals surface area contributed by atoms with E-state index in [4.69, 9.17) is 4.42 Å². The van der Waals surface area contributed by atoms with E-state index >= 15 is 0 Å². The van der Waals surface area contributed by atoms with Crippen LogP contribution in [0.3, 0.4) is 0 Å². The molecule has 3 aromatic carbocycles. The predicted octanol–water partition coefficient (Wildman–Crippen LogP) is 3.89. The number of hydrazine groups is 1. The van der Waals surface area contributed by atoms with Crippen LogP contribution < -0.4 is 16.2 Å². The van der Waals surface area contributed by atoms with Gasteiger partial charge in [-0.25, -0.2) is 0 Å². The molecule has 0 spiro atoms. The molecule has 0 unspecified atom stereocenters. The molecule has 0 aliphatic heterocycles. The second kappa shape index (κ2) is 9.78. The third kappa shape index (κ3) is 5.62. The minimum atomic E-state index is -0.434. The standard InChI is InChI=1S/C25H23N5O3/c1-16-6-12-21(13-7-16)26-15-22(31)27-28-23(32)18-8-10-19(11-9-18)24-29-30-25(33-24)20-5-3-4-17(2)14-20/h3-14,26H,15H2,1-2H3,(H,27,31)(H,28,32). The Labute approximate surface area is 191 Å². The van der Waals surface area contributed by atoms with Crippen LogP contribution in [0.15, 0.2) is 77.2 Å². The predicted molar refractivity (Wildman–Crippen MR) is 125 cm³/mol. The number of benzene rings is 3. The summed E-state index contributed by atoms with van der Waals surface area (Å²) >= 11 is 0. The zero-order valence-corrected chi connectivity index (χ0v) is 18.3. The molecule has 0 aliphatic rings. The van der Waals surface area contributed by atoms with Crippen molar-refractivity contribution < 1.29 is 14.0 Å². The lowest BCUT2D eigenvalue weighted by atomic mass is 10.1. The zero-order valence-electron chi connectivity index (χ0n) is 18.3. The van der Waals surface area contributed by atoms with E-state index in [1.165, 1.54) is 0 Å². The van der Waals surface area contributed by atoms with Crippen molar-refractivity contribution in [2.75, 3.05) is 11.9 Å². The third-order valence-corrected chi connectivity index (χ3v) is 4.90. The van der Waals surface area contributed by atoms with Crippen molar-refractivity contribution in [2.24, 2.45) is 0 Å². The van der Waals surface area contributed by atoms with Crippen LogP contribution in [0.25, 0.3) is 22.9 Å². The maximum atomic E-state index is 12.3. The average molecular weight is 441 g/mol. The van der Waals surface area contributed by atoms with E-state index in [0.717, 1.165) is 22.4 Å². The number of aromatic nitrogens is 2. The number of nitrogens with zero attached hydrogens (tertiary/aromatic N) is 2. The maximum Gasteiger partial charge on any atom is 0.269 e. The Morgan fingerprint density at radius 1 is 0.788 bits per heavy atom. The molecule has 0 bridgehead atoms. The van der Waals surface area contributed by atoms with Gasteiger partial charge in [-0.15, -0.1) is 10.2 Å². The molecule has 4 aromatic rings. The van der Waals surface area contributed by atoms with E-state index in [-0.39, 0.29) is 12.5 Å². The topological polar surface area (TPSA) is 109 Å². The molecule has 0 fully saturated rings.